The summed E-state index contributed by atoms with van der Waals surface area (Å²) in [6, 6.07) is 7.20. The molecule has 0 aliphatic carbocycles. The van der Waals surface area contributed by atoms with E-state index in [2.05, 4.69) is 15.9 Å². The first kappa shape index (κ1) is 11.9. The maximum atomic E-state index is 12.0. The molecule has 0 atom stereocenters. The standard InChI is InChI=1S/C12H10BrNO3/c13-9-1-2-10-8(7-9)3-5-14(12(10)17)6-4-11(15)16/h1-3,5,7H,4,6H2,(H,15,16). The summed E-state index contributed by atoms with van der Waals surface area (Å²) < 4.78 is 2.33. The second-order valence-electron chi connectivity index (χ2n) is 3.69. The molecule has 0 saturated heterocycles. The summed E-state index contributed by atoms with van der Waals surface area (Å²) in [5, 5.41) is 10.0. The summed E-state index contributed by atoms with van der Waals surface area (Å²) in [4.78, 5) is 22.5. The van der Waals surface area contributed by atoms with Crippen LogP contribution in [0.1, 0.15) is 6.42 Å². The van der Waals surface area contributed by atoms with E-state index in [4.69, 9.17) is 5.11 Å². The summed E-state index contributed by atoms with van der Waals surface area (Å²) in [6.45, 7) is 0.195. The second kappa shape index (κ2) is 4.71. The highest BCUT2D eigenvalue weighted by molar-refractivity contribution is 9.10. The normalized spacial score (nSPS) is 10.6. The molecule has 0 radical (unpaired) electrons. The first-order valence-corrected chi connectivity index (χ1v) is 5.88. The van der Waals surface area contributed by atoms with Crippen LogP contribution in [0.15, 0.2) is 39.7 Å². The Bertz CT molecular complexity index is 633. The number of hydrogen-bond donors (Lipinski definition) is 1. The Kier molecular flexibility index (Phi) is 3.28. The van der Waals surface area contributed by atoms with E-state index in [0.29, 0.717) is 5.39 Å². The van der Waals surface area contributed by atoms with Gasteiger partial charge in [-0.3, -0.25) is 9.59 Å². The zero-order valence-electron chi connectivity index (χ0n) is 8.89. The van der Waals surface area contributed by atoms with E-state index in [1.54, 1.807) is 18.3 Å². The lowest BCUT2D eigenvalue weighted by Crippen LogP contribution is -2.20. The van der Waals surface area contributed by atoms with Gasteiger partial charge in [-0.15, -0.1) is 0 Å². The molecule has 88 valence electrons. The van der Waals surface area contributed by atoms with Crippen LogP contribution >= 0.6 is 15.9 Å². The van der Waals surface area contributed by atoms with Gasteiger partial charge in [-0.2, -0.15) is 0 Å². The number of aromatic nitrogens is 1. The number of aryl methyl sites for hydroxylation is 1. The molecule has 0 amide bonds. The maximum absolute atomic E-state index is 12.0. The highest BCUT2D eigenvalue weighted by Gasteiger charge is 2.04. The predicted molar refractivity (Wildman–Crippen MR) is 68.2 cm³/mol. The third kappa shape index (κ3) is 2.55. The number of nitrogens with zero attached hydrogens (tertiary/aromatic N) is 1. The van der Waals surface area contributed by atoms with Gasteiger partial charge in [-0.25, -0.2) is 0 Å². The number of aliphatic carboxylic acids is 1. The molecule has 0 saturated carbocycles. The number of carboxylic acids is 1. The van der Waals surface area contributed by atoms with Crippen molar-refractivity contribution in [1.29, 1.82) is 0 Å². The van der Waals surface area contributed by atoms with Crippen LogP contribution in [0.4, 0.5) is 0 Å². The van der Waals surface area contributed by atoms with Gasteiger partial charge in [0.2, 0.25) is 0 Å². The van der Waals surface area contributed by atoms with Crippen LogP contribution in [-0.2, 0) is 11.3 Å². The molecule has 0 aliphatic heterocycles. The van der Waals surface area contributed by atoms with Crippen LogP contribution in [0.3, 0.4) is 0 Å². The molecule has 17 heavy (non-hydrogen) atoms. The Morgan fingerprint density at radius 1 is 1.35 bits per heavy atom. The van der Waals surface area contributed by atoms with Gasteiger partial charge in [0.1, 0.15) is 0 Å². The topological polar surface area (TPSA) is 59.3 Å². The van der Waals surface area contributed by atoms with Crippen molar-refractivity contribution in [3.63, 3.8) is 0 Å². The van der Waals surface area contributed by atoms with Gasteiger partial charge < -0.3 is 9.67 Å². The first-order chi connectivity index (χ1) is 8.08. The zero-order valence-corrected chi connectivity index (χ0v) is 10.5. The molecule has 1 heterocycles. The van der Waals surface area contributed by atoms with E-state index in [1.807, 2.05) is 12.1 Å². The summed E-state index contributed by atoms with van der Waals surface area (Å²) >= 11 is 3.34. The van der Waals surface area contributed by atoms with E-state index in [1.165, 1.54) is 4.57 Å². The fourth-order valence-electron chi connectivity index (χ4n) is 1.65. The van der Waals surface area contributed by atoms with E-state index in [0.717, 1.165) is 9.86 Å². The van der Waals surface area contributed by atoms with Gasteiger partial charge in [0.05, 0.1) is 6.42 Å². The summed E-state index contributed by atoms with van der Waals surface area (Å²) in [6.07, 6.45) is 1.57. The average molecular weight is 296 g/mol. The maximum Gasteiger partial charge on any atom is 0.305 e. The number of hydrogen-bond acceptors (Lipinski definition) is 2. The van der Waals surface area contributed by atoms with Gasteiger partial charge in [0, 0.05) is 22.6 Å². The van der Waals surface area contributed by atoms with Gasteiger partial charge in [-0.1, -0.05) is 15.9 Å². The number of carboxylic acid groups (broad SMARTS) is 1. The lowest BCUT2D eigenvalue weighted by atomic mass is 10.2. The van der Waals surface area contributed by atoms with Crippen LogP contribution in [0, 0.1) is 0 Å². The smallest absolute Gasteiger partial charge is 0.305 e. The Morgan fingerprint density at radius 2 is 2.12 bits per heavy atom. The van der Waals surface area contributed by atoms with Crippen LogP contribution in [0.2, 0.25) is 0 Å². The molecule has 0 fully saturated rings. The van der Waals surface area contributed by atoms with Crippen molar-refractivity contribution in [2.45, 2.75) is 13.0 Å². The quantitative estimate of drug-likeness (QED) is 0.945. The number of fused-ring (bicyclic) bond motifs is 1. The van der Waals surface area contributed by atoms with Crippen LogP contribution in [0.25, 0.3) is 10.8 Å². The van der Waals surface area contributed by atoms with Crippen molar-refractivity contribution in [1.82, 2.24) is 4.57 Å². The first-order valence-electron chi connectivity index (χ1n) is 5.08. The predicted octanol–water partition coefficient (Wildman–Crippen LogP) is 2.24. The fraction of sp³-hybridized carbons (Fsp3) is 0.167. The van der Waals surface area contributed by atoms with Crippen molar-refractivity contribution >= 4 is 32.7 Å². The summed E-state index contributed by atoms with van der Waals surface area (Å²) in [5.41, 5.74) is -0.156. The number of benzene rings is 1. The average Bonchev–Trinajstić information content (AvgIpc) is 2.27. The van der Waals surface area contributed by atoms with Gasteiger partial charge in [0.15, 0.2) is 0 Å². The number of rotatable bonds is 3. The van der Waals surface area contributed by atoms with E-state index >= 15 is 0 Å². The Morgan fingerprint density at radius 3 is 2.82 bits per heavy atom. The number of pyridine rings is 1. The molecule has 1 aromatic heterocycles. The second-order valence-corrected chi connectivity index (χ2v) is 4.61. The van der Waals surface area contributed by atoms with Crippen molar-refractivity contribution in [3.05, 3.63) is 45.3 Å². The largest absolute Gasteiger partial charge is 0.481 e. The fourth-order valence-corrected chi connectivity index (χ4v) is 2.03. The zero-order chi connectivity index (χ0) is 12.4. The van der Waals surface area contributed by atoms with Crippen LogP contribution in [0.5, 0.6) is 0 Å². The molecule has 5 heteroatoms. The molecule has 4 nitrogen and oxygen atoms in total. The molecule has 0 unspecified atom stereocenters. The van der Waals surface area contributed by atoms with Gasteiger partial charge in [0.25, 0.3) is 5.56 Å². The number of carbonyl (C=O) groups is 1. The van der Waals surface area contributed by atoms with E-state index in [-0.39, 0.29) is 18.5 Å². The molecule has 0 aliphatic rings. The van der Waals surface area contributed by atoms with E-state index in [9.17, 15) is 9.59 Å². The lowest BCUT2D eigenvalue weighted by molar-refractivity contribution is -0.137. The molecule has 0 bridgehead atoms. The van der Waals surface area contributed by atoms with Gasteiger partial charge >= 0.3 is 5.97 Å². The molecular formula is C12H10BrNO3. The highest BCUT2D eigenvalue weighted by atomic mass is 79.9. The molecule has 0 spiro atoms. The van der Waals surface area contributed by atoms with Crippen LogP contribution in [-0.4, -0.2) is 15.6 Å². The van der Waals surface area contributed by atoms with Gasteiger partial charge in [-0.05, 0) is 29.7 Å². The summed E-state index contributed by atoms with van der Waals surface area (Å²) in [5.74, 6) is -0.909. The van der Waals surface area contributed by atoms with Crippen molar-refractivity contribution in [3.8, 4) is 0 Å². The molecule has 2 rings (SSSR count). The number of halogens is 1. The molecule has 2 aromatic rings. The molecule has 1 N–H and O–H groups in total. The SMILES string of the molecule is O=C(O)CCn1ccc2cc(Br)ccc2c1=O. The molecule has 1 aromatic carbocycles. The highest BCUT2D eigenvalue weighted by Crippen LogP contribution is 2.16. The third-order valence-corrected chi connectivity index (χ3v) is 3.00. The Balaban J connectivity index is 2.47. The monoisotopic (exact) mass is 295 g/mol. The minimum atomic E-state index is -0.909. The van der Waals surface area contributed by atoms with Crippen molar-refractivity contribution in [2.75, 3.05) is 0 Å². The van der Waals surface area contributed by atoms with Crippen molar-refractivity contribution in [2.24, 2.45) is 0 Å². The lowest BCUT2D eigenvalue weighted by Gasteiger charge is -2.05. The Labute approximate surface area is 106 Å². The summed E-state index contributed by atoms with van der Waals surface area (Å²) in [7, 11) is 0. The minimum Gasteiger partial charge on any atom is -0.481 e. The van der Waals surface area contributed by atoms with Crippen molar-refractivity contribution < 1.29 is 9.90 Å². The Hall–Kier alpha value is -1.62. The third-order valence-electron chi connectivity index (χ3n) is 2.51. The van der Waals surface area contributed by atoms with Crippen LogP contribution < -0.4 is 5.56 Å². The minimum absolute atomic E-state index is 0.0536. The van der Waals surface area contributed by atoms with E-state index < -0.39 is 5.97 Å². The molecular weight excluding hydrogens is 286 g/mol.